The summed E-state index contributed by atoms with van der Waals surface area (Å²) in [6.45, 7) is 8.03. The fourth-order valence-electron chi connectivity index (χ4n) is 4.15. The Kier molecular flexibility index (Phi) is 5.08. The Bertz CT molecular complexity index is 243. The van der Waals surface area contributed by atoms with Crippen molar-refractivity contribution in [1.29, 1.82) is 0 Å². The molecular formula is C16H31NO. The summed E-state index contributed by atoms with van der Waals surface area (Å²) in [7, 11) is 0. The highest BCUT2D eigenvalue weighted by atomic mass is 16.3. The van der Waals surface area contributed by atoms with Gasteiger partial charge in [0.2, 0.25) is 0 Å². The van der Waals surface area contributed by atoms with Crippen LogP contribution in [0.25, 0.3) is 0 Å². The number of hydrogen-bond acceptors (Lipinski definition) is 2. The van der Waals surface area contributed by atoms with Gasteiger partial charge in [-0.3, -0.25) is 0 Å². The van der Waals surface area contributed by atoms with Gasteiger partial charge < -0.3 is 10.0 Å². The molecular weight excluding hydrogens is 222 g/mol. The number of hydrogen-bond donors (Lipinski definition) is 1. The lowest BCUT2D eigenvalue weighted by atomic mass is 9.74. The van der Waals surface area contributed by atoms with Gasteiger partial charge in [-0.1, -0.05) is 33.1 Å². The molecule has 2 aliphatic rings. The van der Waals surface area contributed by atoms with E-state index in [1.54, 1.807) is 0 Å². The Morgan fingerprint density at radius 2 is 1.72 bits per heavy atom. The van der Waals surface area contributed by atoms with E-state index >= 15 is 0 Å². The fourth-order valence-corrected chi connectivity index (χ4v) is 4.15. The minimum Gasteiger partial charge on any atom is -0.389 e. The third-order valence-electron chi connectivity index (χ3n) is 5.46. The van der Waals surface area contributed by atoms with Gasteiger partial charge in [-0.2, -0.15) is 0 Å². The lowest BCUT2D eigenvalue weighted by Crippen LogP contribution is -2.48. The Balaban J connectivity index is 1.92. The molecule has 2 rings (SSSR count). The van der Waals surface area contributed by atoms with Crippen molar-refractivity contribution in [3.63, 3.8) is 0 Å². The summed E-state index contributed by atoms with van der Waals surface area (Å²) < 4.78 is 0. The van der Waals surface area contributed by atoms with Crippen molar-refractivity contribution in [3.8, 4) is 0 Å². The highest BCUT2D eigenvalue weighted by Crippen LogP contribution is 2.40. The van der Waals surface area contributed by atoms with Gasteiger partial charge in [-0.05, 0) is 57.0 Å². The van der Waals surface area contributed by atoms with E-state index < -0.39 is 5.60 Å². The summed E-state index contributed by atoms with van der Waals surface area (Å²) >= 11 is 0. The molecule has 1 heterocycles. The SMILES string of the molecule is CCC(O)(C(C)CN1CCCCC1)C1CCCC1. The molecule has 1 aliphatic heterocycles. The van der Waals surface area contributed by atoms with Crippen LogP contribution >= 0.6 is 0 Å². The van der Waals surface area contributed by atoms with Gasteiger partial charge in [0.15, 0.2) is 0 Å². The molecule has 2 atom stereocenters. The van der Waals surface area contributed by atoms with Crippen LogP contribution in [0.4, 0.5) is 0 Å². The van der Waals surface area contributed by atoms with E-state index in [1.165, 1.54) is 58.0 Å². The van der Waals surface area contributed by atoms with Crippen LogP contribution in [0.1, 0.15) is 65.2 Å². The second-order valence-corrected chi connectivity index (χ2v) is 6.59. The van der Waals surface area contributed by atoms with Crippen LogP contribution < -0.4 is 0 Å². The highest BCUT2D eigenvalue weighted by Gasteiger charge is 2.41. The van der Waals surface area contributed by atoms with E-state index in [4.69, 9.17) is 0 Å². The number of nitrogens with zero attached hydrogens (tertiary/aromatic N) is 1. The van der Waals surface area contributed by atoms with Crippen molar-refractivity contribution < 1.29 is 5.11 Å². The molecule has 1 saturated carbocycles. The van der Waals surface area contributed by atoms with E-state index in [9.17, 15) is 5.11 Å². The molecule has 0 bridgehead atoms. The Morgan fingerprint density at radius 3 is 2.28 bits per heavy atom. The van der Waals surface area contributed by atoms with Crippen molar-refractivity contribution in [1.82, 2.24) is 4.90 Å². The molecule has 0 aromatic rings. The third-order valence-corrected chi connectivity index (χ3v) is 5.46. The molecule has 18 heavy (non-hydrogen) atoms. The van der Waals surface area contributed by atoms with Crippen molar-refractivity contribution in [2.24, 2.45) is 11.8 Å². The van der Waals surface area contributed by atoms with E-state index in [2.05, 4.69) is 18.7 Å². The van der Waals surface area contributed by atoms with Gasteiger partial charge in [0.05, 0.1) is 5.60 Å². The van der Waals surface area contributed by atoms with Crippen LogP contribution in [0, 0.1) is 11.8 Å². The Morgan fingerprint density at radius 1 is 1.11 bits per heavy atom. The average Bonchev–Trinajstić information content (AvgIpc) is 2.93. The number of likely N-dealkylation sites (tertiary alicyclic amines) is 1. The van der Waals surface area contributed by atoms with E-state index in [0.29, 0.717) is 11.8 Å². The van der Waals surface area contributed by atoms with Crippen LogP contribution in [0.2, 0.25) is 0 Å². The van der Waals surface area contributed by atoms with E-state index in [0.717, 1.165) is 13.0 Å². The lowest BCUT2D eigenvalue weighted by Gasteiger charge is -2.41. The molecule has 0 aromatic carbocycles. The monoisotopic (exact) mass is 253 g/mol. The predicted molar refractivity (Wildman–Crippen MR) is 76.7 cm³/mol. The highest BCUT2D eigenvalue weighted by molar-refractivity contribution is 4.93. The predicted octanol–water partition coefficient (Wildman–Crippen LogP) is 3.44. The van der Waals surface area contributed by atoms with Gasteiger partial charge in [-0.25, -0.2) is 0 Å². The standard InChI is InChI=1S/C16H31NO/c1-3-16(18,15-9-5-6-10-15)14(2)13-17-11-7-4-8-12-17/h14-15,18H,3-13H2,1-2H3. The second-order valence-electron chi connectivity index (χ2n) is 6.59. The van der Waals surface area contributed by atoms with Gasteiger partial charge in [0.1, 0.15) is 0 Å². The second kappa shape index (κ2) is 6.38. The summed E-state index contributed by atoms with van der Waals surface area (Å²) in [6, 6.07) is 0. The van der Waals surface area contributed by atoms with E-state index in [1.807, 2.05) is 0 Å². The first-order valence-electron chi connectivity index (χ1n) is 8.11. The van der Waals surface area contributed by atoms with Crippen molar-refractivity contribution in [3.05, 3.63) is 0 Å². The van der Waals surface area contributed by atoms with Crippen molar-refractivity contribution in [2.75, 3.05) is 19.6 Å². The van der Waals surface area contributed by atoms with Gasteiger partial charge in [-0.15, -0.1) is 0 Å². The Labute approximate surface area is 113 Å². The van der Waals surface area contributed by atoms with E-state index in [-0.39, 0.29) is 0 Å². The summed E-state index contributed by atoms with van der Waals surface area (Å²) in [6.07, 6.45) is 10.1. The quantitative estimate of drug-likeness (QED) is 0.811. The zero-order chi connectivity index (χ0) is 13.0. The molecule has 1 aliphatic carbocycles. The number of piperidine rings is 1. The zero-order valence-corrected chi connectivity index (χ0v) is 12.3. The lowest BCUT2D eigenvalue weighted by molar-refractivity contribution is -0.0752. The minimum atomic E-state index is -0.409. The molecule has 1 N–H and O–H groups in total. The van der Waals surface area contributed by atoms with Crippen LogP contribution in [0.5, 0.6) is 0 Å². The first kappa shape index (κ1) is 14.3. The molecule has 1 saturated heterocycles. The molecule has 0 aromatic heterocycles. The summed E-state index contributed by atoms with van der Waals surface area (Å²) in [4.78, 5) is 2.57. The first-order valence-corrected chi connectivity index (χ1v) is 8.11. The maximum atomic E-state index is 11.1. The third kappa shape index (κ3) is 3.08. The molecule has 2 heteroatoms. The largest absolute Gasteiger partial charge is 0.389 e. The van der Waals surface area contributed by atoms with Gasteiger partial charge >= 0.3 is 0 Å². The van der Waals surface area contributed by atoms with Crippen LogP contribution in [0.15, 0.2) is 0 Å². The molecule has 2 unspecified atom stereocenters. The molecule has 2 nitrogen and oxygen atoms in total. The first-order chi connectivity index (χ1) is 8.66. The molecule has 0 radical (unpaired) electrons. The van der Waals surface area contributed by atoms with Crippen LogP contribution in [0.3, 0.4) is 0 Å². The maximum Gasteiger partial charge on any atom is 0.0710 e. The topological polar surface area (TPSA) is 23.5 Å². The normalized spacial score (nSPS) is 28.2. The number of aliphatic hydroxyl groups is 1. The number of rotatable bonds is 5. The minimum absolute atomic E-state index is 0.409. The molecule has 106 valence electrons. The zero-order valence-electron chi connectivity index (χ0n) is 12.3. The fraction of sp³-hybridized carbons (Fsp3) is 1.00. The maximum absolute atomic E-state index is 11.1. The Hall–Kier alpha value is -0.0800. The summed E-state index contributed by atoms with van der Waals surface area (Å²) in [5, 5.41) is 11.1. The van der Waals surface area contributed by atoms with Gasteiger partial charge in [0.25, 0.3) is 0 Å². The molecule has 0 amide bonds. The van der Waals surface area contributed by atoms with Crippen molar-refractivity contribution >= 4 is 0 Å². The van der Waals surface area contributed by atoms with Crippen LogP contribution in [-0.4, -0.2) is 35.2 Å². The average molecular weight is 253 g/mol. The molecule has 0 spiro atoms. The summed E-state index contributed by atoms with van der Waals surface area (Å²) in [5.41, 5.74) is -0.409. The molecule has 2 fully saturated rings. The van der Waals surface area contributed by atoms with Gasteiger partial charge in [0, 0.05) is 6.54 Å². The van der Waals surface area contributed by atoms with Crippen LogP contribution in [-0.2, 0) is 0 Å². The summed E-state index contributed by atoms with van der Waals surface area (Å²) in [5.74, 6) is 0.978. The smallest absolute Gasteiger partial charge is 0.0710 e. The van der Waals surface area contributed by atoms with Crippen molar-refractivity contribution in [2.45, 2.75) is 70.8 Å².